The molecular formula is C13H10F2O2. The lowest BCUT2D eigenvalue weighted by Crippen LogP contribution is -2.04. The summed E-state index contributed by atoms with van der Waals surface area (Å²) in [5, 5.41) is 8.77. The number of carboxylic acid groups (broad SMARTS) is 1. The first-order chi connectivity index (χ1) is 8.06. The molecule has 0 aromatic heterocycles. The fraction of sp³-hybridized carbons (Fsp3) is 0.154. The van der Waals surface area contributed by atoms with Gasteiger partial charge in [0.25, 0.3) is 0 Å². The van der Waals surface area contributed by atoms with Crippen LogP contribution in [0.15, 0.2) is 35.9 Å². The molecule has 17 heavy (non-hydrogen) atoms. The van der Waals surface area contributed by atoms with Gasteiger partial charge in [-0.05, 0) is 36.1 Å². The summed E-state index contributed by atoms with van der Waals surface area (Å²) < 4.78 is 26.0. The quantitative estimate of drug-likeness (QED) is 0.856. The molecular weight excluding hydrogens is 226 g/mol. The van der Waals surface area contributed by atoms with Crippen molar-refractivity contribution in [2.75, 3.05) is 0 Å². The predicted molar refractivity (Wildman–Crippen MR) is 59.3 cm³/mol. The van der Waals surface area contributed by atoms with Crippen LogP contribution in [-0.4, -0.2) is 11.1 Å². The molecule has 0 unspecified atom stereocenters. The minimum absolute atomic E-state index is 0.311. The highest BCUT2D eigenvalue weighted by Crippen LogP contribution is 2.27. The Kier molecular flexibility index (Phi) is 3.04. The fourth-order valence-corrected chi connectivity index (χ4v) is 1.80. The molecule has 1 aromatic rings. The van der Waals surface area contributed by atoms with Crippen LogP contribution in [-0.2, 0) is 4.79 Å². The number of allylic oxidation sites excluding steroid dienone is 3. The first-order valence-electron chi connectivity index (χ1n) is 5.16. The molecule has 1 aliphatic rings. The number of halogens is 2. The second-order valence-corrected chi connectivity index (χ2v) is 3.85. The van der Waals surface area contributed by atoms with E-state index in [0.29, 0.717) is 24.0 Å². The molecule has 88 valence electrons. The van der Waals surface area contributed by atoms with Crippen molar-refractivity contribution in [1.29, 1.82) is 0 Å². The van der Waals surface area contributed by atoms with Gasteiger partial charge in [0.15, 0.2) is 0 Å². The highest BCUT2D eigenvalue weighted by Gasteiger charge is 2.14. The van der Waals surface area contributed by atoms with Crippen molar-refractivity contribution in [2.45, 2.75) is 12.8 Å². The van der Waals surface area contributed by atoms with Gasteiger partial charge >= 0.3 is 5.97 Å². The topological polar surface area (TPSA) is 37.3 Å². The summed E-state index contributed by atoms with van der Waals surface area (Å²) in [6, 6.07) is 3.30. The molecule has 0 heterocycles. The molecule has 2 nitrogen and oxygen atoms in total. The van der Waals surface area contributed by atoms with Crippen LogP contribution in [0.4, 0.5) is 8.78 Å². The lowest BCUT2D eigenvalue weighted by Gasteiger charge is -2.12. The van der Waals surface area contributed by atoms with E-state index >= 15 is 0 Å². The molecule has 0 bridgehead atoms. The molecule has 0 aliphatic heterocycles. The third kappa shape index (κ3) is 2.58. The Bertz CT molecular complexity index is 510. The first-order valence-corrected chi connectivity index (χ1v) is 5.16. The Morgan fingerprint density at radius 2 is 1.71 bits per heavy atom. The number of carbonyl (C=O) groups is 1. The summed E-state index contributed by atoms with van der Waals surface area (Å²) >= 11 is 0. The maximum absolute atomic E-state index is 13.0. The Labute approximate surface area is 96.9 Å². The summed E-state index contributed by atoms with van der Waals surface area (Å²) in [5.74, 6) is -2.21. The van der Waals surface area contributed by atoms with Crippen LogP contribution < -0.4 is 0 Å². The van der Waals surface area contributed by atoms with Crippen molar-refractivity contribution in [3.05, 3.63) is 53.1 Å². The number of rotatable bonds is 2. The van der Waals surface area contributed by atoms with E-state index in [-0.39, 0.29) is 0 Å². The number of carboxylic acids is 1. The van der Waals surface area contributed by atoms with Gasteiger partial charge in [-0.3, -0.25) is 0 Å². The van der Waals surface area contributed by atoms with Crippen molar-refractivity contribution in [3.8, 4) is 0 Å². The minimum Gasteiger partial charge on any atom is -0.478 e. The van der Waals surface area contributed by atoms with Crippen molar-refractivity contribution in [2.24, 2.45) is 0 Å². The Morgan fingerprint density at radius 3 is 2.18 bits per heavy atom. The van der Waals surface area contributed by atoms with Crippen molar-refractivity contribution < 1.29 is 18.7 Å². The van der Waals surface area contributed by atoms with E-state index in [9.17, 15) is 13.6 Å². The van der Waals surface area contributed by atoms with Gasteiger partial charge in [0, 0.05) is 11.6 Å². The van der Waals surface area contributed by atoms with Crippen LogP contribution >= 0.6 is 0 Å². The van der Waals surface area contributed by atoms with Gasteiger partial charge in [-0.1, -0.05) is 12.2 Å². The average Bonchev–Trinajstić information content (AvgIpc) is 2.28. The third-order valence-corrected chi connectivity index (χ3v) is 2.66. The van der Waals surface area contributed by atoms with Crippen LogP contribution in [0.3, 0.4) is 0 Å². The summed E-state index contributed by atoms with van der Waals surface area (Å²) in [5.41, 5.74) is 1.52. The minimum atomic E-state index is -0.953. The van der Waals surface area contributed by atoms with Crippen LogP contribution in [0.5, 0.6) is 0 Å². The predicted octanol–water partition coefficient (Wildman–Crippen LogP) is 3.15. The molecule has 0 radical (unpaired) electrons. The van der Waals surface area contributed by atoms with E-state index in [0.717, 1.165) is 11.6 Å². The van der Waals surface area contributed by atoms with Crippen molar-refractivity contribution >= 4 is 11.5 Å². The van der Waals surface area contributed by atoms with Crippen LogP contribution in [0.25, 0.3) is 5.57 Å². The van der Waals surface area contributed by atoms with E-state index in [1.807, 2.05) is 0 Å². The van der Waals surface area contributed by atoms with Crippen LogP contribution in [0, 0.1) is 11.6 Å². The smallest absolute Gasteiger partial charge is 0.331 e. The molecule has 4 heteroatoms. The van der Waals surface area contributed by atoms with Gasteiger partial charge in [-0.2, -0.15) is 0 Å². The third-order valence-electron chi connectivity index (χ3n) is 2.66. The molecule has 0 saturated heterocycles. The summed E-state index contributed by atoms with van der Waals surface area (Å²) in [4.78, 5) is 10.7. The SMILES string of the molecule is O=C(O)C1=CC=C(c2cc(F)cc(F)c2)CC1. The number of hydrogen-bond donors (Lipinski definition) is 1. The van der Waals surface area contributed by atoms with Crippen LogP contribution in [0.1, 0.15) is 18.4 Å². The van der Waals surface area contributed by atoms with Gasteiger partial charge in [0.1, 0.15) is 11.6 Å². The fourth-order valence-electron chi connectivity index (χ4n) is 1.80. The largest absolute Gasteiger partial charge is 0.478 e. The maximum Gasteiger partial charge on any atom is 0.331 e. The molecule has 0 atom stereocenters. The second kappa shape index (κ2) is 4.49. The molecule has 0 spiro atoms. The number of benzene rings is 1. The Hall–Kier alpha value is -1.97. The lowest BCUT2D eigenvalue weighted by atomic mass is 9.93. The van der Waals surface area contributed by atoms with Gasteiger partial charge in [0.2, 0.25) is 0 Å². The van der Waals surface area contributed by atoms with E-state index in [1.165, 1.54) is 18.2 Å². The van der Waals surface area contributed by atoms with Crippen LogP contribution in [0.2, 0.25) is 0 Å². The van der Waals surface area contributed by atoms with E-state index in [2.05, 4.69) is 0 Å². The summed E-state index contributed by atoms with van der Waals surface area (Å²) in [6.07, 6.45) is 3.92. The maximum atomic E-state index is 13.0. The van der Waals surface area contributed by atoms with Gasteiger partial charge < -0.3 is 5.11 Å². The zero-order chi connectivity index (χ0) is 12.4. The van der Waals surface area contributed by atoms with Gasteiger partial charge in [0.05, 0.1) is 0 Å². The zero-order valence-corrected chi connectivity index (χ0v) is 8.91. The standard InChI is InChI=1S/C13H10F2O2/c14-11-5-10(6-12(15)7-11)8-1-3-9(4-2-8)13(16)17/h1,3,5-7H,2,4H2,(H,16,17). The van der Waals surface area contributed by atoms with E-state index in [4.69, 9.17) is 5.11 Å². The average molecular weight is 236 g/mol. The molecule has 0 amide bonds. The second-order valence-electron chi connectivity index (χ2n) is 3.85. The summed E-state index contributed by atoms with van der Waals surface area (Å²) in [7, 11) is 0. The molecule has 2 rings (SSSR count). The van der Waals surface area contributed by atoms with Crippen molar-refractivity contribution in [1.82, 2.24) is 0 Å². The molecule has 1 aromatic carbocycles. The molecule has 1 N–H and O–H groups in total. The number of aliphatic carboxylic acids is 1. The molecule has 0 fully saturated rings. The summed E-state index contributed by atoms with van der Waals surface area (Å²) in [6.45, 7) is 0. The van der Waals surface area contributed by atoms with E-state index < -0.39 is 17.6 Å². The number of hydrogen-bond acceptors (Lipinski definition) is 1. The van der Waals surface area contributed by atoms with Crippen molar-refractivity contribution in [3.63, 3.8) is 0 Å². The normalized spacial score (nSPS) is 15.2. The lowest BCUT2D eigenvalue weighted by molar-refractivity contribution is -0.132. The monoisotopic (exact) mass is 236 g/mol. The zero-order valence-electron chi connectivity index (χ0n) is 8.91. The van der Waals surface area contributed by atoms with Gasteiger partial charge in [-0.15, -0.1) is 0 Å². The molecule has 1 aliphatic carbocycles. The van der Waals surface area contributed by atoms with E-state index in [1.54, 1.807) is 6.08 Å². The highest BCUT2D eigenvalue weighted by molar-refractivity contribution is 5.89. The Balaban J connectivity index is 2.33. The molecule has 0 saturated carbocycles. The first kappa shape index (κ1) is 11.5. The van der Waals surface area contributed by atoms with Gasteiger partial charge in [-0.25, -0.2) is 13.6 Å². The Morgan fingerprint density at radius 1 is 1.06 bits per heavy atom. The highest BCUT2D eigenvalue weighted by atomic mass is 19.1.